The van der Waals surface area contributed by atoms with E-state index in [2.05, 4.69) is 32.7 Å². The summed E-state index contributed by atoms with van der Waals surface area (Å²) in [5, 5.41) is 9.16. The molecule has 0 N–H and O–H groups in total. The summed E-state index contributed by atoms with van der Waals surface area (Å²) in [5.41, 5.74) is 1.18. The molecule has 3 nitrogen and oxygen atoms in total. The molecule has 0 saturated heterocycles. The van der Waals surface area contributed by atoms with Crippen molar-refractivity contribution < 1.29 is 4.74 Å². The van der Waals surface area contributed by atoms with Gasteiger partial charge in [-0.3, -0.25) is 0 Å². The average Bonchev–Trinajstić information content (AvgIpc) is 2.45. The maximum absolute atomic E-state index is 6.12. The number of halogens is 3. The van der Waals surface area contributed by atoms with Gasteiger partial charge in [0, 0.05) is 9.50 Å². The maximum atomic E-state index is 6.12. The van der Waals surface area contributed by atoms with Gasteiger partial charge in [0.1, 0.15) is 12.3 Å². The number of benzene rings is 2. The Balaban J connectivity index is 2.33. The fraction of sp³-hybridized carbons (Fsp3) is 0.0667. The molecule has 0 aromatic heterocycles. The fourth-order valence-electron chi connectivity index (χ4n) is 1.53. The third kappa shape index (κ3) is 4.56. The lowest BCUT2D eigenvalue weighted by Gasteiger charge is -2.08. The Bertz CT molecular complexity index is 672. The van der Waals surface area contributed by atoms with E-state index in [1.165, 1.54) is 0 Å². The summed E-state index contributed by atoms with van der Waals surface area (Å²) < 4.78 is 6.48. The van der Waals surface area contributed by atoms with Crippen molar-refractivity contribution in [2.75, 3.05) is 6.61 Å². The van der Waals surface area contributed by atoms with E-state index in [9.17, 15) is 0 Å². The summed E-state index contributed by atoms with van der Waals surface area (Å²) in [5.74, 6) is 0.432. The van der Waals surface area contributed by atoms with Crippen LogP contribution in [0.5, 0.6) is 5.75 Å². The molecular formula is C15H11BrCl2N2O. The Hall–Kier alpha value is -1.36. The predicted molar refractivity (Wildman–Crippen MR) is 90.5 cm³/mol. The second-order valence-electron chi connectivity index (χ2n) is 4.01. The van der Waals surface area contributed by atoms with Crippen molar-refractivity contribution in [1.82, 2.24) is 0 Å². The number of hydrogen-bond acceptors (Lipinski definition) is 3. The van der Waals surface area contributed by atoms with E-state index in [-0.39, 0.29) is 0 Å². The van der Waals surface area contributed by atoms with E-state index in [0.29, 0.717) is 33.8 Å². The van der Waals surface area contributed by atoms with Crippen LogP contribution in [0.1, 0.15) is 0 Å². The first-order valence-corrected chi connectivity index (χ1v) is 7.55. The van der Waals surface area contributed by atoms with Crippen molar-refractivity contribution in [2.24, 2.45) is 10.2 Å². The standard InChI is InChI=1S/C15H11BrCl2N2O/c1-2-7-21-15-13(18)8-11(17)9-14(15)20-19-12-5-3-10(16)4-6-12/h2-6,8-9H,1,7H2. The third-order valence-corrected chi connectivity index (χ3v) is 3.46. The molecule has 0 spiro atoms. The van der Waals surface area contributed by atoms with Crippen LogP contribution >= 0.6 is 39.1 Å². The van der Waals surface area contributed by atoms with Crippen LogP contribution in [0.4, 0.5) is 11.4 Å². The molecule has 6 heteroatoms. The summed E-state index contributed by atoms with van der Waals surface area (Å²) in [4.78, 5) is 0. The van der Waals surface area contributed by atoms with Crippen LogP contribution in [0.15, 0.2) is 63.8 Å². The Morgan fingerprint density at radius 2 is 1.86 bits per heavy atom. The first-order valence-electron chi connectivity index (χ1n) is 6.00. The minimum atomic E-state index is 0.322. The molecule has 0 saturated carbocycles. The van der Waals surface area contributed by atoms with Gasteiger partial charge < -0.3 is 4.74 Å². The monoisotopic (exact) mass is 384 g/mol. The molecule has 0 unspecified atom stereocenters. The molecule has 0 aliphatic heterocycles. The zero-order chi connectivity index (χ0) is 15.2. The highest BCUT2D eigenvalue weighted by atomic mass is 79.9. The van der Waals surface area contributed by atoms with Crippen LogP contribution < -0.4 is 4.74 Å². The summed E-state index contributed by atoms with van der Waals surface area (Å²) in [6.07, 6.45) is 1.63. The number of azo groups is 1. The van der Waals surface area contributed by atoms with Crippen molar-refractivity contribution in [3.8, 4) is 5.75 Å². The third-order valence-electron chi connectivity index (χ3n) is 2.43. The summed E-state index contributed by atoms with van der Waals surface area (Å²) in [6, 6.07) is 10.7. The molecule has 0 amide bonds. The van der Waals surface area contributed by atoms with E-state index in [1.54, 1.807) is 18.2 Å². The smallest absolute Gasteiger partial charge is 0.165 e. The van der Waals surface area contributed by atoms with Gasteiger partial charge in [-0.2, -0.15) is 5.11 Å². The first-order chi connectivity index (χ1) is 10.1. The normalized spacial score (nSPS) is 10.8. The van der Waals surface area contributed by atoms with Gasteiger partial charge in [0.25, 0.3) is 0 Å². The summed E-state index contributed by atoms with van der Waals surface area (Å²) in [7, 11) is 0. The van der Waals surface area contributed by atoms with Crippen molar-refractivity contribution in [3.63, 3.8) is 0 Å². The van der Waals surface area contributed by atoms with Gasteiger partial charge in [-0.25, -0.2) is 0 Å². The number of hydrogen-bond donors (Lipinski definition) is 0. The lowest BCUT2D eigenvalue weighted by molar-refractivity contribution is 0.364. The van der Waals surface area contributed by atoms with Crippen LogP contribution in [-0.4, -0.2) is 6.61 Å². The van der Waals surface area contributed by atoms with Crippen molar-refractivity contribution in [1.29, 1.82) is 0 Å². The van der Waals surface area contributed by atoms with Gasteiger partial charge in [0.2, 0.25) is 0 Å². The molecule has 0 aliphatic carbocycles. The Morgan fingerprint density at radius 3 is 2.52 bits per heavy atom. The van der Waals surface area contributed by atoms with Crippen LogP contribution in [-0.2, 0) is 0 Å². The molecule has 108 valence electrons. The van der Waals surface area contributed by atoms with Crippen LogP contribution in [0.3, 0.4) is 0 Å². The van der Waals surface area contributed by atoms with E-state index in [4.69, 9.17) is 27.9 Å². The topological polar surface area (TPSA) is 34.0 Å². The van der Waals surface area contributed by atoms with Gasteiger partial charge >= 0.3 is 0 Å². The second kappa shape index (κ2) is 7.59. The van der Waals surface area contributed by atoms with Crippen LogP contribution in [0.2, 0.25) is 10.0 Å². The summed E-state index contributed by atoms with van der Waals surface area (Å²) >= 11 is 15.5. The van der Waals surface area contributed by atoms with Gasteiger partial charge in [0.15, 0.2) is 5.75 Å². The van der Waals surface area contributed by atoms with E-state index in [0.717, 1.165) is 4.47 Å². The zero-order valence-corrected chi connectivity index (χ0v) is 14.0. The highest BCUT2D eigenvalue weighted by molar-refractivity contribution is 9.10. The Kier molecular flexibility index (Phi) is 5.79. The molecule has 2 aromatic carbocycles. The molecular weight excluding hydrogens is 375 g/mol. The van der Waals surface area contributed by atoms with Crippen molar-refractivity contribution in [2.45, 2.75) is 0 Å². The molecule has 0 bridgehead atoms. The van der Waals surface area contributed by atoms with Gasteiger partial charge in [-0.1, -0.05) is 51.8 Å². The summed E-state index contributed by atoms with van der Waals surface area (Å²) in [6.45, 7) is 3.92. The fourth-order valence-corrected chi connectivity index (χ4v) is 2.33. The Morgan fingerprint density at radius 1 is 1.14 bits per heavy atom. The second-order valence-corrected chi connectivity index (χ2v) is 5.77. The van der Waals surface area contributed by atoms with E-state index >= 15 is 0 Å². The van der Waals surface area contributed by atoms with Gasteiger partial charge in [-0.15, -0.1) is 5.11 Å². The van der Waals surface area contributed by atoms with Crippen molar-refractivity contribution in [3.05, 3.63) is 63.6 Å². The van der Waals surface area contributed by atoms with E-state index in [1.807, 2.05) is 24.3 Å². The van der Waals surface area contributed by atoms with Gasteiger partial charge in [-0.05, 0) is 36.4 Å². The van der Waals surface area contributed by atoms with E-state index < -0.39 is 0 Å². The molecule has 0 heterocycles. The largest absolute Gasteiger partial charge is 0.486 e. The first kappa shape index (κ1) is 16.0. The van der Waals surface area contributed by atoms with Crippen LogP contribution in [0, 0.1) is 0 Å². The van der Waals surface area contributed by atoms with Gasteiger partial charge in [0.05, 0.1) is 10.7 Å². The molecule has 0 fully saturated rings. The molecule has 0 radical (unpaired) electrons. The number of rotatable bonds is 5. The minimum Gasteiger partial charge on any atom is -0.486 e. The highest BCUT2D eigenvalue weighted by Crippen LogP contribution is 2.39. The lowest BCUT2D eigenvalue weighted by atomic mass is 10.3. The maximum Gasteiger partial charge on any atom is 0.165 e. The predicted octanol–water partition coefficient (Wildman–Crippen LogP) is 6.74. The highest BCUT2D eigenvalue weighted by Gasteiger charge is 2.10. The quantitative estimate of drug-likeness (QED) is 0.414. The average molecular weight is 386 g/mol. The lowest BCUT2D eigenvalue weighted by Crippen LogP contribution is -1.94. The van der Waals surface area contributed by atoms with Crippen molar-refractivity contribution >= 4 is 50.5 Å². The number of nitrogens with zero attached hydrogens (tertiary/aromatic N) is 2. The molecule has 2 aromatic rings. The molecule has 21 heavy (non-hydrogen) atoms. The number of ether oxygens (including phenoxy) is 1. The molecule has 2 rings (SSSR count). The Labute approximate surface area is 141 Å². The SMILES string of the molecule is C=CCOc1c(Cl)cc(Cl)cc1N=Nc1ccc(Br)cc1. The minimum absolute atomic E-state index is 0.322. The molecule has 0 aliphatic rings. The molecule has 0 atom stereocenters. The zero-order valence-electron chi connectivity index (χ0n) is 10.9. The van der Waals surface area contributed by atoms with Crippen LogP contribution in [0.25, 0.3) is 0 Å².